The number of carboxylic acid groups (broad SMARTS) is 1. The number of allylic oxidation sites excluding steroid dienone is 1. The van der Waals surface area contributed by atoms with Crippen molar-refractivity contribution in [3.05, 3.63) is 10.3 Å². The van der Waals surface area contributed by atoms with E-state index in [9.17, 15) is 4.79 Å². The summed E-state index contributed by atoms with van der Waals surface area (Å²) in [5.41, 5.74) is 0. The lowest BCUT2D eigenvalue weighted by molar-refractivity contribution is -0.136. The summed E-state index contributed by atoms with van der Waals surface area (Å²) in [6, 6.07) is 0. The minimum absolute atomic E-state index is 0.259. The van der Waals surface area contributed by atoms with Crippen molar-refractivity contribution in [3.63, 3.8) is 0 Å². The highest BCUT2D eigenvalue weighted by Crippen LogP contribution is 2.26. The molecule has 0 aliphatic rings. The second kappa shape index (κ2) is 26.2. The van der Waals surface area contributed by atoms with Crippen molar-refractivity contribution >= 4 is 29.5 Å². The van der Waals surface area contributed by atoms with Crippen molar-refractivity contribution in [1.29, 1.82) is 0 Å². The molecule has 31 heavy (non-hydrogen) atoms. The smallest absolute Gasteiger partial charge is 0.303 e. The van der Waals surface area contributed by atoms with Crippen LogP contribution in [0.4, 0.5) is 0 Å². The van der Waals surface area contributed by atoms with Crippen molar-refractivity contribution in [2.45, 2.75) is 142 Å². The first kappa shape index (κ1) is 30.9. The highest BCUT2D eigenvalue weighted by molar-refractivity contribution is 8.06. The van der Waals surface area contributed by atoms with Crippen molar-refractivity contribution in [1.82, 2.24) is 0 Å². The van der Waals surface area contributed by atoms with E-state index in [2.05, 4.69) is 19.3 Å². The highest BCUT2D eigenvalue weighted by Gasteiger charge is 2.04. The summed E-state index contributed by atoms with van der Waals surface area (Å²) in [4.78, 5) is 12.2. The number of carboxylic acids is 1. The Hall–Kier alpha value is -0.0900. The third-order valence-electron chi connectivity index (χ3n) is 5.70. The Kier molecular flexibility index (Phi) is 26.1. The van der Waals surface area contributed by atoms with Crippen molar-refractivity contribution in [2.75, 3.05) is 11.5 Å². The van der Waals surface area contributed by atoms with Gasteiger partial charge in [0.05, 0.1) is 0 Å². The molecule has 0 fully saturated rings. The van der Waals surface area contributed by atoms with Crippen LogP contribution >= 0.6 is 23.5 Å². The molecule has 0 aromatic rings. The Morgan fingerprint density at radius 3 is 1.48 bits per heavy atom. The molecular formula is C27H52O2S2. The van der Waals surface area contributed by atoms with E-state index in [0.29, 0.717) is 6.42 Å². The lowest BCUT2D eigenvalue weighted by Gasteiger charge is -2.07. The molecule has 0 unspecified atom stereocenters. The van der Waals surface area contributed by atoms with Crippen LogP contribution in [0.1, 0.15) is 142 Å². The molecule has 0 radical (unpaired) electrons. The van der Waals surface area contributed by atoms with E-state index in [1.54, 1.807) is 0 Å². The Balaban J connectivity index is 3.75. The van der Waals surface area contributed by atoms with Crippen LogP contribution in [0.5, 0.6) is 0 Å². The minimum Gasteiger partial charge on any atom is -0.481 e. The molecule has 0 bridgehead atoms. The molecule has 0 heterocycles. The molecule has 0 aromatic carbocycles. The topological polar surface area (TPSA) is 37.3 Å². The number of unbranched alkanes of at least 4 members (excludes halogenated alkanes) is 16. The van der Waals surface area contributed by atoms with Gasteiger partial charge in [-0.15, -0.1) is 23.5 Å². The normalized spacial score (nSPS) is 11.9. The molecule has 0 rings (SSSR count). The summed E-state index contributed by atoms with van der Waals surface area (Å²) in [5, 5.41) is 11.3. The van der Waals surface area contributed by atoms with Gasteiger partial charge in [0.15, 0.2) is 0 Å². The Labute approximate surface area is 203 Å². The molecule has 0 saturated heterocycles. The molecule has 0 aromatic heterocycles. The third-order valence-corrected chi connectivity index (χ3v) is 8.01. The SMILES string of the molecule is CCCCCCCCCCCSC=C(CCC(=O)O)SCCCCCCCCCCC. The standard InChI is InChI=1S/C27H52O2S2/c1-3-5-7-9-11-13-15-17-19-23-30-25-26(21-22-27(28)29)31-24-20-18-16-14-12-10-8-6-4-2/h25H,3-24H2,1-2H3,(H,28,29). The second-order valence-electron chi connectivity index (χ2n) is 8.85. The molecule has 0 saturated carbocycles. The molecular weight excluding hydrogens is 420 g/mol. The van der Waals surface area contributed by atoms with Crippen LogP contribution in [0.2, 0.25) is 0 Å². The van der Waals surface area contributed by atoms with Crippen molar-refractivity contribution < 1.29 is 9.90 Å². The van der Waals surface area contributed by atoms with Crippen molar-refractivity contribution in [2.24, 2.45) is 0 Å². The Morgan fingerprint density at radius 2 is 1.03 bits per heavy atom. The maximum absolute atomic E-state index is 11.0. The summed E-state index contributed by atoms with van der Waals surface area (Å²) in [7, 11) is 0. The van der Waals surface area contributed by atoms with E-state index >= 15 is 0 Å². The first-order valence-corrected chi connectivity index (χ1v) is 15.4. The van der Waals surface area contributed by atoms with Crippen LogP contribution in [-0.2, 0) is 4.79 Å². The molecule has 4 heteroatoms. The van der Waals surface area contributed by atoms with Crippen LogP contribution in [0.15, 0.2) is 10.3 Å². The molecule has 0 aliphatic carbocycles. The zero-order chi connectivity index (χ0) is 22.8. The van der Waals surface area contributed by atoms with Gasteiger partial charge >= 0.3 is 5.97 Å². The number of hydrogen-bond donors (Lipinski definition) is 1. The fraction of sp³-hybridized carbons (Fsp3) is 0.889. The summed E-state index contributed by atoms with van der Waals surface area (Å²) < 4.78 is 0. The molecule has 0 atom stereocenters. The summed E-state index contributed by atoms with van der Waals surface area (Å²) in [6.45, 7) is 4.54. The second-order valence-corrected chi connectivity index (χ2v) is 11.1. The van der Waals surface area contributed by atoms with E-state index < -0.39 is 5.97 Å². The van der Waals surface area contributed by atoms with Crippen LogP contribution < -0.4 is 0 Å². The minimum atomic E-state index is -0.682. The van der Waals surface area contributed by atoms with Gasteiger partial charge in [-0.05, 0) is 41.1 Å². The lowest BCUT2D eigenvalue weighted by atomic mass is 10.1. The fourth-order valence-corrected chi connectivity index (χ4v) is 5.78. The van der Waals surface area contributed by atoms with E-state index in [4.69, 9.17) is 5.11 Å². The average Bonchev–Trinajstić information content (AvgIpc) is 2.76. The number of carbonyl (C=O) groups is 1. The largest absolute Gasteiger partial charge is 0.481 e. The Bertz CT molecular complexity index is 410. The van der Waals surface area contributed by atoms with Gasteiger partial charge in [0, 0.05) is 6.42 Å². The molecule has 2 nitrogen and oxygen atoms in total. The number of hydrogen-bond acceptors (Lipinski definition) is 3. The fourth-order valence-electron chi connectivity index (χ4n) is 3.66. The number of aliphatic carboxylic acids is 1. The lowest BCUT2D eigenvalue weighted by Crippen LogP contribution is -1.95. The first-order valence-electron chi connectivity index (χ1n) is 13.4. The molecule has 1 N–H and O–H groups in total. The van der Waals surface area contributed by atoms with Gasteiger partial charge in [-0.1, -0.05) is 117 Å². The van der Waals surface area contributed by atoms with Crippen LogP contribution in [0.25, 0.3) is 0 Å². The highest BCUT2D eigenvalue weighted by atomic mass is 32.2. The van der Waals surface area contributed by atoms with E-state index in [-0.39, 0.29) is 6.42 Å². The summed E-state index contributed by atoms with van der Waals surface area (Å²) in [5.74, 6) is 1.63. The van der Waals surface area contributed by atoms with Gasteiger partial charge in [0.2, 0.25) is 0 Å². The summed E-state index contributed by atoms with van der Waals surface area (Å²) in [6.07, 6.45) is 25.5. The van der Waals surface area contributed by atoms with Gasteiger partial charge in [0.25, 0.3) is 0 Å². The van der Waals surface area contributed by atoms with Gasteiger partial charge in [-0.3, -0.25) is 4.79 Å². The van der Waals surface area contributed by atoms with Crippen molar-refractivity contribution in [3.8, 4) is 0 Å². The van der Waals surface area contributed by atoms with E-state index in [1.807, 2.05) is 23.5 Å². The average molecular weight is 473 g/mol. The summed E-state index contributed by atoms with van der Waals surface area (Å²) >= 11 is 3.79. The van der Waals surface area contributed by atoms with Crippen LogP contribution in [-0.4, -0.2) is 22.6 Å². The zero-order valence-electron chi connectivity index (χ0n) is 20.8. The maximum atomic E-state index is 11.0. The molecule has 0 amide bonds. The predicted octanol–water partition coefficient (Wildman–Crippen LogP) is 10.2. The van der Waals surface area contributed by atoms with Crippen LogP contribution in [0, 0.1) is 0 Å². The van der Waals surface area contributed by atoms with E-state index in [1.165, 1.54) is 126 Å². The Morgan fingerprint density at radius 1 is 0.613 bits per heavy atom. The maximum Gasteiger partial charge on any atom is 0.303 e. The quantitative estimate of drug-likeness (QED) is 0.134. The molecule has 184 valence electrons. The van der Waals surface area contributed by atoms with Gasteiger partial charge in [0.1, 0.15) is 0 Å². The molecule has 0 spiro atoms. The third kappa shape index (κ3) is 26.0. The number of rotatable bonds is 25. The van der Waals surface area contributed by atoms with Gasteiger partial charge in [-0.2, -0.15) is 0 Å². The first-order chi connectivity index (χ1) is 15.2. The van der Waals surface area contributed by atoms with Crippen LogP contribution in [0.3, 0.4) is 0 Å². The predicted molar refractivity (Wildman–Crippen MR) is 144 cm³/mol. The van der Waals surface area contributed by atoms with Gasteiger partial charge < -0.3 is 5.11 Å². The van der Waals surface area contributed by atoms with E-state index in [0.717, 1.165) is 5.75 Å². The molecule has 0 aliphatic heterocycles. The number of thioether (sulfide) groups is 2. The monoisotopic (exact) mass is 472 g/mol. The zero-order valence-corrected chi connectivity index (χ0v) is 22.4. The van der Waals surface area contributed by atoms with Gasteiger partial charge in [-0.25, -0.2) is 0 Å².